The fourth-order valence-corrected chi connectivity index (χ4v) is 5.79. The second kappa shape index (κ2) is 10.7. The van der Waals surface area contributed by atoms with Crippen LogP contribution < -0.4 is 11.3 Å². The Morgan fingerprint density at radius 1 is 0.535 bits per heavy atom. The predicted octanol–water partition coefficient (Wildman–Crippen LogP) is 6.63. The Bertz CT molecular complexity index is 2180. The highest BCUT2D eigenvalue weighted by atomic mass is 35.5. The molecule has 9 heteroatoms. The van der Waals surface area contributed by atoms with Gasteiger partial charge in [0.25, 0.3) is 0 Å². The Kier molecular flexibility index (Phi) is 6.70. The number of aryl methyl sites for hydroxylation is 6. The van der Waals surface area contributed by atoms with Crippen LogP contribution in [0, 0.1) is 13.8 Å². The highest BCUT2D eigenvalue weighted by Crippen LogP contribution is 2.24. The number of halogens is 1. The molecule has 0 bridgehead atoms. The summed E-state index contributed by atoms with van der Waals surface area (Å²) in [5.41, 5.74) is 6.84. The first-order valence-corrected chi connectivity index (χ1v) is 14.3. The zero-order chi connectivity index (χ0) is 29.7. The van der Waals surface area contributed by atoms with Crippen LogP contribution in [-0.4, -0.2) is 19.9 Å². The third-order valence-electron chi connectivity index (χ3n) is 7.62. The van der Waals surface area contributed by atoms with E-state index in [1.54, 1.807) is 24.8 Å². The fraction of sp³-hybridized carbons (Fsp3) is 0.176. The summed E-state index contributed by atoms with van der Waals surface area (Å²) in [5.74, 6) is 0. The predicted molar refractivity (Wildman–Crippen MR) is 167 cm³/mol. The zero-order valence-electron chi connectivity index (χ0n) is 23.5. The van der Waals surface area contributed by atoms with Gasteiger partial charge in [0.05, 0.1) is 32.6 Å². The van der Waals surface area contributed by atoms with E-state index in [0.29, 0.717) is 51.1 Å². The van der Waals surface area contributed by atoms with Crippen molar-refractivity contribution in [1.29, 1.82) is 0 Å². The Balaban J connectivity index is 1.10. The largest absolute Gasteiger partial charge is 0.403 e. The molecule has 6 aromatic heterocycles. The molecule has 7 aromatic rings. The van der Waals surface area contributed by atoms with E-state index in [0.717, 1.165) is 57.0 Å². The lowest BCUT2D eigenvalue weighted by molar-refractivity contribution is 0.557. The number of pyridine rings is 4. The molecule has 43 heavy (non-hydrogen) atoms. The number of rotatable bonds is 6. The number of aromatic nitrogens is 4. The average molecular weight is 589 g/mol. The van der Waals surface area contributed by atoms with Gasteiger partial charge in [-0.25, -0.2) is 19.6 Å². The molecule has 1 aromatic carbocycles. The van der Waals surface area contributed by atoms with Crippen LogP contribution in [0.4, 0.5) is 0 Å². The molecule has 0 unspecified atom stereocenters. The van der Waals surface area contributed by atoms with E-state index in [1.165, 1.54) is 0 Å². The van der Waals surface area contributed by atoms with E-state index in [-0.39, 0.29) is 0 Å². The van der Waals surface area contributed by atoms with Crippen molar-refractivity contribution in [2.24, 2.45) is 0 Å². The molecule has 0 radical (unpaired) electrons. The van der Waals surface area contributed by atoms with E-state index < -0.39 is 11.3 Å². The minimum atomic E-state index is -0.445. The van der Waals surface area contributed by atoms with Crippen LogP contribution >= 0.6 is 11.6 Å². The molecule has 0 atom stereocenters. The van der Waals surface area contributed by atoms with Crippen LogP contribution in [0.2, 0.25) is 5.02 Å². The monoisotopic (exact) mass is 588 g/mol. The first-order chi connectivity index (χ1) is 20.8. The van der Waals surface area contributed by atoms with Gasteiger partial charge in [-0.3, -0.25) is 9.97 Å². The summed E-state index contributed by atoms with van der Waals surface area (Å²) < 4.78 is 10.9. The molecule has 7 rings (SSSR count). The van der Waals surface area contributed by atoms with Crippen molar-refractivity contribution in [2.45, 2.75) is 39.5 Å². The van der Waals surface area contributed by atoms with E-state index in [1.807, 2.05) is 50.2 Å². The molecule has 0 fully saturated rings. The van der Waals surface area contributed by atoms with E-state index in [4.69, 9.17) is 20.4 Å². The molecule has 8 nitrogen and oxygen atoms in total. The van der Waals surface area contributed by atoms with Crippen molar-refractivity contribution in [2.75, 3.05) is 0 Å². The van der Waals surface area contributed by atoms with Gasteiger partial charge in [-0.1, -0.05) is 17.7 Å². The van der Waals surface area contributed by atoms with E-state index in [2.05, 4.69) is 26.0 Å². The van der Waals surface area contributed by atoms with Crippen molar-refractivity contribution in [1.82, 2.24) is 19.9 Å². The molecule has 0 aliphatic heterocycles. The van der Waals surface area contributed by atoms with Gasteiger partial charge in [0.1, 0.15) is 0 Å². The SMILES string of the molecule is Cc1cnc2oc(=O)c3cc(CCc4cc(Cl)cc(CCc5cnc6c(c5)c(=O)oc5ncc(C)cc56)c4)cnc3c2c1. The van der Waals surface area contributed by atoms with Crippen molar-refractivity contribution in [3.05, 3.63) is 126 Å². The molecule has 0 saturated carbocycles. The summed E-state index contributed by atoms with van der Waals surface area (Å²) in [5, 5.41) is 3.00. The normalized spacial score (nSPS) is 11.7. The number of hydrogen-bond donors (Lipinski definition) is 0. The van der Waals surface area contributed by atoms with Crippen molar-refractivity contribution in [3.63, 3.8) is 0 Å². The van der Waals surface area contributed by atoms with Crippen LogP contribution in [0.5, 0.6) is 0 Å². The van der Waals surface area contributed by atoms with Crippen LogP contribution in [0.3, 0.4) is 0 Å². The van der Waals surface area contributed by atoms with Gasteiger partial charge in [0.15, 0.2) is 0 Å². The summed E-state index contributed by atoms with van der Waals surface area (Å²) in [6.45, 7) is 3.88. The summed E-state index contributed by atoms with van der Waals surface area (Å²) in [7, 11) is 0. The minimum absolute atomic E-state index is 0.290. The van der Waals surface area contributed by atoms with Gasteiger partial charge >= 0.3 is 11.3 Å². The molecule has 212 valence electrons. The van der Waals surface area contributed by atoms with Gasteiger partial charge in [0, 0.05) is 29.8 Å². The Morgan fingerprint density at radius 2 is 0.977 bits per heavy atom. The maximum Gasteiger partial charge on any atom is 0.347 e. The quantitative estimate of drug-likeness (QED) is 0.199. The van der Waals surface area contributed by atoms with Crippen molar-refractivity contribution < 1.29 is 8.83 Å². The van der Waals surface area contributed by atoms with Crippen LogP contribution in [0.15, 0.2) is 85.7 Å². The Hall–Kier alpha value is -4.95. The maximum atomic E-state index is 12.7. The molecule has 0 aliphatic carbocycles. The highest BCUT2D eigenvalue weighted by molar-refractivity contribution is 6.30. The lowest BCUT2D eigenvalue weighted by Crippen LogP contribution is -2.04. The second-order valence-electron chi connectivity index (χ2n) is 11.0. The molecule has 6 heterocycles. The molecule has 0 spiro atoms. The first-order valence-electron chi connectivity index (χ1n) is 14.0. The van der Waals surface area contributed by atoms with Crippen molar-refractivity contribution in [3.8, 4) is 0 Å². The smallest absolute Gasteiger partial charge is 0.347 e. The minimum Gasteiger partial charge on any atom is -0.403 e. The number of benzene rings is 1. The first kappa shape index (κ1) is 26.9. The number of fused-ring (bicyclic) bond motifs is 6. The third kappa shape index (κ3) is 5.26. The summed E-state index contributed by atoms with van der Waals surface area (Å²) in [6, 6.07) is 13.6. The van der Waals surface area contributed by atoms with Gasteiger partial charge in [0.2, 0.25) is 11.4 Å². The van der Waals surface area contributed by atoms with Crippen molar-refractivity contribution >= 4 is 55.6 Å². The standard InChI is InChI=1S/C34H25ClN4O4/c1-18-7-25-29-27(33(40)42-31(25)38-14-18)12-22(16-36-29)5-3-20-9-21(11-24(35)10-20)4-6-23-13-28-30(37-17-23)26-8-19(2)15-39-32(26)43-34(28)41/h7-17H,3-6H2,1-2H3. The topological polar surface area (TPSA) is 112 Å². The van der Waals surface area contributed by atoms with Crippen LogP contribution in [0.1, 0.15) is 33.4 Å². The highest BCUT2D eigenvalue weighted by Gasteiger charge is 2.13. The Morgan fingerprint density at radius 3 is 1.44 bits per heavy atom. The summed E-state index contributed by atoms with van der Waals surface area (Å²) in [6.07, 6.45) is 9.75. The van der Waals surface area contributed by atoms with Gasteiger partial charge in [-0.15, -0.1) is 0 Å². The average Bonchev–Trinajstić information content (AvgIpc) is 3.00. The fourth-order valence-electron chi connectivity index (χ4n) is 5.51. The molecule has 0 aliphatic rings. The molecular weight excluding hydrogens is 564 g/mol. The zero-order valence-corrected chi connectivity index (χ0v) is 24.2. The van der Waals surface area contributed by atoms with Crippen LogP contribution in [0.25, 0.3) is 44.0 Å². The van der Waals surface area contributed by atoms with Crippen LogP contribution in [-0.2, 0) is 25.7 Å². The molecular formula is C34H25ClN4O4. The number of nitrogens with zero attached hydrogens (tertiary/aromatic N) is 4. The van der Waals surface area contributed by atoms with E-state index in [9.17, 15) is 9.59 Å². The lowest BCUT2D eigenvalue weighted by atomic mass is 9.99. The van der Waals surface area contributed by atoms with Gasteiger partial charge < -0.3 is 8.83 Å². The van der Waals surface area contributed by atoms with Gasteiger partial charge in [-0.05, 0) is 109 Å². The van der Waals surface area contributed by atoms with Gasteiger partial charge in [-0.2, -0.15) is 0 Å². The molecule has 0 saturated heterocycles. The third-order valence-corrected chi connectivity index (χ3v) is 7.83. The Labute approximate surface area is 250 Å². The second-order valence-corrected chi connectivity index (χ2v) is 11.4. The summed E-state index contributed by atoms with van der Waals surface area (Å²) in [4.78, 5) is 43.0. The van der Waals surface area contributed by atoms with E-state index >= 15 is 0 Å². The maximum absolute atomic E-state index is 12.7. The summed E-state index contributed by atoms with van der Waals surface area (Å²) >= 11 is 6.50. The number of hydrogen-bond acceptors (Lipinski definition) is 8. The molecule has 0 N–H and O–H groups in total. The molecule has 0 amide bonds. The lowest BCUT2D eigenvalue weighted by Gasteiger charge is -2.09.